The molecule has 1 aliphatic heterocycles. The van der Waals surface area contributed by atoms with Crippen LogP contribution in [0.25, 0.3) is 22.2 Å². The normalized spacial score (nSPS) is 18.8. The lowest BCUT2D eigenvalue weighted by Gasteiger charge is -2.12. The molecule has 3 aromatic rings. The number of benzene rings is 1. The smallest absolute Gasteiger partial charge is 0.224 e. The largest absolute Gasteiger partial charge is 0.347 e. The summed E-state index contributed by atoms with van der Waals surface area (Å²) < 4.78 is 0. The predicted molar refractivity (Wildman–Crippen MR) is 87.7 cm³/mol. The number of H-pyrrole nitrogens is 2. The molecule has 0 radical (unpaired) electrons. The first-order valence-corrected chi connectivity index (χ1v) is 7.79. The van der Waals surface area contributed by atoms with Crippen LogP contribution in [0.4, 0.5) is 5.69 Å². The summed E-state index contributed by atoms with van der Waals surface area (Å²) in [4.78, 5) is 20.0. The zero-order chi connectivity index (χ0) is 15.8. The van der Waals surface area contributed by atoms with Crippen molar-refractivity contribution < 1.29 is 4.79 Å². The van der Waals surface area contributed by atoms with Crippen LogP contribution in [0.15, 0.2) is 24.5 Å². The van der Waals surface area contributed by atoms with E-state index in [2.05, 4.69) is 25.5 Å². The molecular formula is C16H18N6O. The van der Waals surface area contributed by atoms with E-state index in [4.69, 9.17) is 5.73 Å². The minimum atomic E-state index is -0.132. The Hall–Kier alpha value is -2.67. The van der Waals surface area contributed by atoms with E-state index in [1.54, 1.807) is 6.20 Å². The lowest BCUT2D eigenvalue weighted by molar-refractivity contribution is -0.116. The monoisotopic (exact) mass is 310 g/mol. The number of rotatable bonds is 0. The summed E-state index contributed by atoms with van der Waals surface area (Å²) >= 11 is 0. The number of nitrogens with zero attached hydrogens (tertiary/aromatic N) is 2. The summed E-state index contributed by atoms with van der Waals surface area (Å²) in [6.45, 7) is 0. The molecule has 23 heavy (non-hydrogen) atoms. The SMILES string of the molecule is N[C@H]1CCCCC(=O)Nc2cc3[nH]ncc3cc2-c2c[nH]c1n2. The van der Waals surface area contributed by atoms with Crippen LogP contribution in [0, 0.1) is 0 Å². The van der Waals surface area contributed by atoms with Gasteiger partial charge >= 0.3 is 0 Å². The van der Waals surface area contributed by atoms with Gasteiger partial charge in [-0.05, 0) is 25.0 Å². The molecule has 1 aliphatic rings. The van der Waals surface area contributed by atoms with Crippen molar-refractivity contribution in [2.24, 2.45) is 5.73 Å². The fourth-order valence-corrected chi connectivity index (χ4v) is 2.97. The molecule has 3 heterocycles. The van der Waals surface area contributed by atoms with Crippen LogP contribution < -0.4 is 11.1 Å². The Morgan fingerprint density at radius 2 is 2.17 bits per heavy atom. The van der Waals surface area contributed by atoms with Crippen molar-refractivity contribution in [2.75, 3.05) is 5.32 Å². The number of aromatic amines is 2. The Balaban J connectivity index is 1.87. The van der Waals surface area contributed by atoms with Crippen molar-refractivity contribution in [3.05, 3.63) is 30.4 Å². The Bertz CT molecular complexity index is 864. The molecule has 7 heteroatoms. The highest BCUT2D eigenvalue weighted by atomic mass is 16.1. The summed E-state index contributed by atoms with van der Waals surface area (Å²) in [5.41, 5.74) is 9.43. The van der Waals surface area contributed by atoms with Crippen LogP contribution in [0.3, 0.4) is 0 Å². The molecule has 2 aromatic heterocycles. The van der Waals surface area contributed by atoms with Crippen LogP contribution >= 0.6 is 0 Å². The van der Waals surface area contributed by atoms with Gasteiger partial charge in [-0.1, -0.05) is 6.42 Å². The molecule has 5 N–H and O–H groups in total. The summed E-state index contributed by atoms with van der Waals surface area (Å²) in [6, 6.07) is 3.74. The predicted octanol–water partition coefficient (Wildman–Crippen LogP) is 2.47. The lowest BCUT2D eigenvalue weighted by Crippen LogP contribution is -2.15. The van der Waals surface area contributed by atoms with Gasteiger partial charge in [0.05, 0.1) is 29.1 Å². The molecule has 4 rings (SSSR count). The molecule has 0 saturated carbocycles. The van der Waals surface area contributed by atoms with Crippen molar-refractivity contribution in [1.29, 1.82) is 0 Å². The number of nitrogens with two attached hydrogens (primary N) is 1. The number of aromatic nitrogens is 4. The molecule has 0 aliphatic carbocycles. The highest BCUT2D eigenvalue weighted by Gasteiger charge is 2.17. The third-order valence-corrected chi connectivity index (χ3v) is 4.25. The van der Waals surface area contributed by atoms with E-state index in [1.807, 2.05) is 18.3 Å². The molecule has 2 bridgehead atoms. The Morgan fingerprint density at radius 1 is 1.26 bits per heavy atom. The van der Waals surface area contributed by atoms with Gasteiger partial charge in [0.1, 0.15) is 5.82 Å². The molecule has 0 unspecified atom stereocenters. The van der Waals surface area contributed by atoms with E-state index in [-0.39, 0.29) is 11.9 Å². The van der Waals surface area contributed by atoms with E-state index >= 15 is 0 Å². The Labute approximate surface area is 132 Å². The van der Waals surface area contributed by atoms with Gasteiger partial charge in [-0.25, -0.2) is 4.98 Å². The number of hydrogen-bond donors (Lipinski definition) is 4. The molecule has 0 saturated heterocycles. The number of carbonyl (C=O) groups excluding carboxylic acids is 1. The maximum absolute atomic E-state index is 12.2. The second-order valence-corrected chi connectivity index (χ2v) is 5.93. The first-order chi connectivity index (χ1) is 11.2. The van der Waals surface area contributed by atoms with Gasteiger partial charge < -0.3 is 16.0 Å². The first kappa shape index (κ1) is 14.0. The van der Waals surface area contributed by atoms with Crippen molar-refractivity contribution >= 4 is 22.5 Å². The van der Waals surface area contributed by atoms with Crippen molar-refractivity contribution in [3.63, 3.8) is 0 Å². The van der Waals surface area contributed by atoms with Gasteiger partial charge in [0.2, 0.25) is 5.91 Å². The summed E-state index contributed by atoms with van der Waals surface area (Å²) in [5, 5.41) is 10.9. The van der Waals surface area contributed by atoms with Gasteiger partial charge in [0.15, 0.2) is 0 Å². The topological polar surface area (TPSA) is 112 Å². The lowest BCUT2D eigenvalue weighted by atomic mass is 10.1. The number of anilines is 1. The quantitative estimate of drug-likeness (QED) is 0.511. The third-order valence-electron chi connectivity index (χ3n) is 4.25. The van der Waals surface area contributed by atoms with Crippen molar-refractivity contribution in [1.82, 2.24) is 20.2 Å². The molecule has 0 fully saturated rings. The standard InChI is InChI=1S/C16H18N6O/c17-11-3-1-2-4-15(23)20-13-6-12-9(7-19-22-12)5-10(13)14-8-18-16(11)21-14/h5-8,11H,1-4,17H2,(H,18,21)(H,19,22)(H,20,23)/t11-/m0/s1. The maximum Gasteiger partial charge on any atom is 0.224 e. The number of fused-ring (bicyclic) bond motifs is 5. The summed E-state index contributed by atoms with van der Waals surface area (Å²) in [6.07, 6.45) is 6.61. The molecule has 1 atom stereocenters. The van der Waals surface area contributed by atoms with E-state index in [1.165, 1.54) is 0 Å². The Kier molecular flexibility index (Phi) is 3.34. The van der Waals surface area contributed by atoms with Crippen molar-refractivity contribution in [2.45, 2.75) is 31.7 Å². The molecule has 0 spiro atoms. The fraction of sp³-hybridized carbons (Fsp3) is 0.312. The molecule has 7 nitrogen and oxygen atoms in total. The van der Waals surface area contributed by atoms with E-state index < -0.39 is 0 Å². The zero-order valence-electron chi connectivity index (χ0n) is 12.6. The van der Waals surface area contributed by atoms with Crippen LogP contribution in [0.1, 0.15) is 37.5 Å². The van der Waals surface area contributed by atoms with Crippen LogP contribution in [0.2, 0.25) is 0 Å². The van der Waals surface area contributed by atoms with Gasteiger partial charge in [0.25, 0.3) is 0 Å². The van der Waals surface area contributed by atoms with Crippen LogP contribution in [-0.4, -0.2) is 26.1 Å². The Morgan fingerprint density at radius 3 is 3.09 bits per heavy atom. The van der Waals surface area contributed by atoms with Gasteiger partial charge in [0, 0.05) is 23.6 Å². The first-order valence-electron chi connectivity index (χ1n) is 7.79. The van der Waals surface area contributed by atoms with E-state index in [0.29, 0.717) is 6.42 Å². The van der Waals surface area contributed by atoms with Crippen LogP contribution in [-0.2, 0) is 4.79 Å². The summed E-state index contributed by atoms with van der Waals surface area (Å²) in [5.74, 6) is 0.792. The minimum Gasteiger partial charge on any atom is -0.347 e. The average molecular weight is 310 g/mol. The van der Waals surface area contributed by atoms with E-state index in [0.717, 1.165) is 52.9 Å². The van der Waals surface area contributed by atoms with Crippen LogP contribution in [0.5, 0.6) is 0 Å². The number of imidazole rings is 1. The number of hydrogen-bond acceptors (Lipinski definition) is 4. The van der Waals surface area contributed by atoms with Crippen molar-refractivity contribution in [3.8, 4) is 11.3 Å². The fourth-order valence-electron chi connectivity index (χ4n) is 2.97. The average Bonchev–Trinajstić information content (AvgIpc) is 3.18. The second-order valence-electron chi connectivity index (χ2n) is 5.93. The number of carbonyl (C=O) groups is 1. The minimum absolute atomic E-state index is 0.00928. The highest BCUT2D eigenvalue weighted by molar-refractivity contribution is 5.99. The molecule has 118 valence electrons. The van der Waals surface area contributed by atoms with Gasteiger partial charge in [-0.15, -0.1) is 0 Å². The number of nitrogens with one attached hydrogen (secondary N) is 3. The third kappa shape index (κ3) is 2.59. The molecule has 1 amide bonds. The molecule has 1 aromatic carbocycles. The maximum atomic E-state index is 12.2. The summed E-state index contributed by atoms with van der Waals surface area (Å²) in [7, 11) is 0. The zero-order valence-corrected chi connectivity index (χ0v) is 12.6. The highest BCUT2D eigenvalue weighted by Crippen LogP contribution is 2.32. The second kappa shape index (κ2) is 5.51. The molecular weight excluding hydrogens is 292 g/mol. The van der Waals surface area contributed by atoms with Gasteiger partial charge in [-0.2, -0.15) is 5.10 Å². The van der Waals surface area contributed by atoms with Gasteiger partial charge in [-0.3, -0.25) is 9.89 Å². The van der Waals surface area contributed by atoms with E-state index in [9.17, 15) is 4.79 Å². The number of amides is 1.